The number of carboxylic acid groups (broad SMARTS) is 1. The van der Waals surface area contributed by atoms with Crippen LogP contribution in [0.5, 0.6) is 0 Å². The quantitative estimate of drug-likeness (QED) is 0.304. The van der Waals surface area contributed by atoms with E-state index in [0.29, 0.717) is 30.5 Å². The molecular weight excluding hydrogens is 582 g/mol. The largest absolute Gasteiger partial charge is 0.481 e. The van der Waals surface area contributed by atoms with E-state index in [9.17, 15) is 24.0 Å². The molecular formula is C28H44BrN5O6. The number of likely N-dealkylation sites (N-methyl/N-ethyl adjacent to an activating group) is 1. The molecule has 5 amide bonds. The Morgan fingerprint density at radius 2 is 1.62 bits per heavy atom. The molecule has 1 saturated heterocycles. The summed E-state index contributed by atoms with van der Waals surface area (Å²) >= 11 is 3.68. The molecule has 0 aromatic heterocycles. The molecule has 40 heavy (non-hydrogen) atoms. The molecule has 4 aliphatic rings. The van der Waals surface area contributed by atoms with E-state index in [0.717, 1.165) is 44.9 Å². The Balaban J connectivity index is 1.21. The summed E-state index contributed by atoms with van der Waals surface area (Å²) in [6.07, 6.45) is 9.83. The van der Waals surface area contributed by atoms with E-state index in [1.807, 2.05) is 0 Å². The highest BCUT2D eigenvalue weighted by molar-refractivity contribution is 9.09. The van der Waals surface area contributed by atoms with Crippen molar-refractivity contribution in [3.63, 3.8) is 0 Å². The number of urea groups is 1. The number of alkyl halides is 1. The molecule has 4 N–H and O–H groups in total. The molecule has 0 radical (unpaired) electrons. The molecule has 4 fully saturated rings. The third-order valence-electron chi connectivity index (χ3n) is 9.27. The third kappa shape index (κ3) is 8.10. The predicted octanol–water partition coefficient (Wildman–Crippen LogP) is 2.37. The van der Waals surface area contributed by atoms with Gasteiger partial charge in [0.1, 0.15) is 0 Å². The fraction of sp³-hybridized carbons (Fsp3) is 0.821. The van der Waals surface area contributed by atoms with Crippen LogP contribution in [0.3, 0.4) is 0 Å². The van der Waals surface area contributed by atoms with Gasteiger partial charge in [0.15, 0.2) is 0 Å². The van der Waals surface area contributed by atoms with Crippen LogP contribution in [-0.4, -0.2) is 93.8 Å². The average Bonchev–Trinajstić information content (AvgIpc) is 3.00. The summed E-state index contributed by atoms with van der Waals surface area (Å²) in [5.74, 6) is -1.61. The lowest BCUT2D eigenvalue weighted by atomic mass is 9.79. The number of hydrogen-bond acceptors (Lipinski definition) is 5. The minimum atomic E-state index is -1.01. The molecule has 0 aromatic carbocycles. The first kappa shape index (κ1) is 30.6. The average molecular weight is 627 g/mol. The van der Waals surface area contributed by atoms with Gasteiger partial charge in [-0.05, 0) is 63.7 Å². The molecule has 11 nitrogen and oxygen atoms in total. The van der Waals surface area contributed by atoms with Gasteiger partial charge in [-0.1, -0.05) is 28.8 Å². The summed E-state index contributed by atoms with van der Waals surface area (Å²) in [5.41, 5.74) is 0. The minimum absolute atomic E-state index is 0.00475. The second-order valence-corrected chi connectivity index (χ2v) is 13.3. The van der Waals surface area contributed by atoms with Crippen LogP contribution in [0.2, 0.25) is 0 Å². The van der Waals surface area contributed by atoms with Crippen molar-refractivity contribution in [2.45, 2.75) is 112 Å². The van der Waals surface area contributed by atoms with Gasteiger partial charge < -0.3 is 30.9 Å². The van der Waals surface area contributed by atoms with Crippen LogP contribution < -0.4 is 16.0 Å². The molecule has 3 saturated carbocycles. The highest BCUT2D eigenvalue weighted by Crippen LogP contribution is 2.33. The molecule has 0 spiro atoms. The number of halogens is 1. The number of hydrogen-bond donors (Lipinski definition) is 4. The Morgan fingerprint density at radius 1 is 0.925 bits per heavy atom. The van der Waals surface area contributed by atoms with Crippen LogP contribution in [0.15, 0.2) is 0 Å². The standard InChI is InChI=1S/C28H44BrN5O6/c1-33-23-11-10-19(15-20(23)27(39)34(16-25(33)36)13-12-26(37)38)30-24(35)14-17-6-8-18(9-7-17)31-28(40)32-22-5-3-2-4-21(22)29/h17-23H,2-16H2,1H3,(H,30,35)(H,37,38)(H2,31,32,40). The van der Waals surface area contributed by atoms with Crippen molar-refractivity contribution >= 4 is 45.7 Å². The Morgan fingerprint density at radius 3 is 2.33 bits per heavy atom. The van der Waals surface area contributed by atoms with Crippen LogP contribution in [-0.2, 0) is 19.2 Å². The monoisotopic (exact) mass is 625 g/mol. The van der Waals surface area contributed by atoms with Gasteiger partial charge >= 0.3 is 12.0 Å². The number of amides is 5. The summed E-state index contributed by atoms with van der Waals surface area (Å²) in [7, 11) is 1.70. The van der Waals surface area contributed by atoms with Gasteiger partial charge in [-0.25, -0.2) is 4.79 Å². The molecule has 1 aliphatic heterocycles. The Kier molecular flexibility index (Phi) is 10.7. The second kappa shape index (κ2) is 14.0. The highest BCUT2D eigenvalue weighted by atomic mass is 79.9. The summed E-state index contributed by atoms with van der Waals surface area (Å²) in [5, 5.41) is 18.4. The van der Waals surface area contributed by atoms with Crippen LogP contribution >= 0.6 is 15.9 Å². The van der Waals surface area contributed by atoms with Gasteiger partial charge in [-0.3, -0.25) is 19.2 Å². The SMILES string of the molecule is CN1C(=O)CN(CCC(=O)O)C(=O)C2CC(NC(=O)CC3CCC(NC(=O)NC4CCCCC4Br)CC3)CCC21. The van der Waals surface area contributed by atoms with Crippen molar-refractivity contribution in [1.82, 2.24) is 25.8 Å². The molecule has 0 aromatic rings. The molecule has 224 valence electrons. The van der Waals surface area contributed by atoms with Crippen molar-refractivity contribution in [1.29, 1.82) is 0 Å². The topological polar surface area (TPSA) is 148 Å². The predicted molar refractivity (Wildman–Crippen MR) is 152 cm³/mol. The van der Waals surface area contributed by atoms with E-state index in [-0.39, 0.29) is 73.3 Å². The number of nitrogens with zero attached hydrogens (tertiary/aromatic N) is 2. The lowest BCUT2D eigenvalue weighted by Gasteiger charge is -2.39. The zero-order valence-electron chi connectivity index (χ0n) is 23.4. The second-order valence-electron chi connectivity index (χ2n) is 12.1. The first-order valence-electron chi connectivity index (χ1n) is 14.9. The summed E-state index contributed by atoms with van der Waals surface area (Å²) in [6, 6.07) is -0.195. The van der Waals surface area contributed by atoms with E-state index in [1.165, 1.54) is 11.3 Å². The van der Waals surface area contributed by atoms with Crippen molar-refractivity contribution in [3.8, 4) is 0 Å². The van der Waals surface area contributed by atoms with Crippen LogP contribution in [0.25, 0.3) is 0 Å². The Hall–Kier alpha value is -2.37. The molecule has 3 aliphatic carbocycles. The number of carboxylic acids is 1. The van der Waals surface area contributed by atoms with E-state index in [1.54, 1.807) is 11.9 Å². The lowest BCUT2D eigenvalue weighted by molar-refractivity contribution is -0.141. The van der Waals surface area contributed by atoms with E-state index in [4.69, 9.17) is 5.11 Å². The number of rotatable bonds is 8. The highest BCUT2D eigenvalue weighted by Gasteiger charge is 2.44. The van der Waals surface area contributed by atoms with Gasteiger partial charge in [0.05, 0.1) is 18.9 Å². The van der Waals surface area contributed by atoms with E-state index >= 15 is 0 Å². The Labute approximate surface area is 244 Å². The normalized spacial score (nSPS) is 33.0. The Bertz CT molecular complexity index is 957. The van der Waals surface area contributed by atoms with Gasteiger partial charge in [0.25, 0.3) is 0 Å². The number of carbonyl (C=O) groups excluding carboxylic acids is 4. The smallest absolute Gasteiger partial charge is 0.315 e. The van der Waals surface area contributed by atoms with Crippen LogP contribution in [0.4, 0.5) is 4.79 Å². The molecule has 12 heteroatoms. The van der Waals surface area contributed by atoms with Gasteiger partial charge in [0, 0.05) is 49.0 Å². The molecule has 4 rings (SSSR count). The van der Waals surface area contributed by atoms with Crippen molar-refractivity contribution < 1.29 is 29.1 Å². The van der Waals surface area contributed by atoms with Crippen LogP contribution in [0, 0.1) is 11.8 Å². The fourth-order valence-electron chi connectivity index (χ4n) is 6.91. The minimum Gasteiger partial charge on any atom is -0.481 e. The summed E-state index contributed by atoms with van der Waals surface area (Å²) in [6.45, 7) is -0.103. The maximum Gasteiger partial charge on any atom is 0.315 e. The zero-order valence-corrected chi connectivity index (χ0v) is 25.0. The van der Waals surface area contributed by atoms with Crippen molar-refractivity contribution in [2.75, 3.05) is 20.1 Å². The van der Waals surface area contributed by atoms with Gasteiger partial charge in [-0.15, -0.1) is 0 Å². The zero-order chi connectivity index (χ0) is 28.8. The lowest BCUT2D eigenvalue weighted by Crippen LogP contribution is -2.51. The van der Waals surface area contributed by atoms with Gasteiger partial charge in [-0.2, -0.15) is 0 Å². The third-order valence-corrected chi connectivity index (χ3v) is 10.4. The van der Waals surface area contributed by atoms with Crippen LogP contribution in [0.1, 0.15) is 83.5 Å². The molecule has 5 atom stereocenters. The van der Waals surface area contributed by atoms with Gasteiger partial charge in [0.2, 0.25) is 17.7 Å². The molecule has 1 heterocycles. The number of aliphatic carboxylic acids is 1. The van der Waals surface area contributed by atoms with Crippen molar-refractivity contribution in [3.05, 3.63) is 0 Å². The first-order valence-corrected chi connectivity index (χ1v) is 15.8. The number of fused-ring (bicyclic) bond motifs is 1. The summed E-state index contributed by atoms with van der Waals surface area (Å²) < 4.78 is 0. The first-order chi connectivity index (χ1) is 19.1. The van der Waals surface area contributed by atoms with Crippen molar-refractivity contribution in [2.24, 2.45) is 11.8 Å². The van der Waals surface area contributed by atoms with E-state index < -0.39 is 11.9 Å². The number of nitrogens with one attached hydrogen (secondary N) is 3. The fourth-order valence-corrected chi connectivity index (χ4v) is 7.63. The maximum absolute atomic E-state index is 13.3. The molecule has 5 unspecified atom stereocenters. The molecule has 0 bridgehead atoms. The van der Waals surface area contributed by atoms with E-state index in [2.05, 4.69) is 31.9 Å². The maximum atomic E-state index is 13.3. The number of carbonyl (C=O) groups is 5. The summed E-state index contributed by atoms with van der Waals surface area (Å²) in [4.78, 5) is 65.7.